The Morgan fingerprint density at radius 1 is 1.00 bits per heavy atom. The number of hydrogen-bond acceptors (Lipinski definition) is 5. The maximum Gasteiger partial charge on any atom is 0.416 e. The molecule has 0 radical (unpaired) electrons. The number of benzene rings is 1. The van der Waals surface area contributed by atoms with Gasteiger partial charge in [-0.1, -0.05) is 20.3 Å². The fraction of sp³-hybridized carbons (Fsp3) is 0.571. The summed E-state index contributed by atoms with van der Waals surface area (Å²) < 4.78 is 38.7. The van der Waals surface area contributed by atoms with E-state index in [2.05, 4.69) is 0 Å². The molecule has 0 spiro atoms. The highest BCUT2D eigenvalue weighted by Crippen LogP contribution is 2.43. The summed E-state index contributed by atoms with van der Waals surface area (Å²) in [6, 6.07) is 0.716. The third kappa shape index (κ3) is 4.56. The van der Waals surface area contributed by atoms with Gasteiger partial charge in [-0.2, -0.15) is 13.2 Å². The number of hydrogen-bond donors (Lipinski definition) is 0. The van der Waals surface area contributed by atoms with Crippen LogP contribution >= 0.6 is 0 Å². The molecule has 7 nitrogen and oxygen atoms in total. The van der Waals surface area contributed by atoms with Crippen LogP contribution in [-0.4, -0.2) is 22.9 Å². The molecule has 24 heavy (non-hydrogen) atoms. The van der Waals surface area contributed by atoms with Crippen molar-refractivity contribution in [1.82, 2.24) is 0 Å². The van der Waals surface area contributed by atoms with E-state index < -0.39 is 33.0 Å². The molecule has 0 N–H and O–H groups in total. The lowest BCUT2D eigenvalue weighted by molar-refractivity contribution is -0.393. The number of rotatable bonds is 8. The number of unbranched alkanes of at least 4 members (excludes halogenated alkanes) is 1. The Kier molecular flexibility index (Phi) is 6.50. The summed E-state index contributed by atoms with van der Waals surface area (Å²) in [5.74, 6) is 0. The Hall–Kier alpha value is -2.39. The standard InChI is InChI=1S/C14H18F3N3O4/c1-3-5-7-18(6-4-2)13-11(19(21)22)8-10(14(15,16)17)9-12(13)20(23)24/h8-9H,3-7H2,1-2H3. The predicted octanol–water partition coefficient (Wildman–Crippen LogP) is 4.54. The Morgan fingerprint density at radius 2 is 1.50 bits per heavy atom. The summed E-state index contributed by atoms with van der Waals surface area (Å²) in [4.78, 5) is 21.9. The Labute approximate surface area is 136 Å². The van der Waals surface area contributed by atoms with Crippen LogP contribution in [0.3, 0.4) is 0 Å². The number of halogens is 3. The molecule has 0 saturated carbocycles. The third-order valence-corrected chi connectivity index (χ3v) is 3.38. The van der Waals surface area contributed by atoms with Crippen molar-refractivity contribution in [2.45, 2.75) is 39.3 Å². The van der Waals surface area contributed by atoms with Gasteiger partial charge in [0.05, 0.1) is 15.4 Å². The number of anilines is 1. The first-order chi connectivity index (χ1) is 11.1. The van der Waals surface area contributed by atoms with Crippen molar-refractivity contribution >= 4 is 17.1 Å². The second kappa shape index (κ2) is 7.93. The van der Waals surface area contributed by atoms with E-state index in [1.807, 2.05) is 6.92 Å². The number of nitro groups is 2. The first-order valence-electron chi connectivity index (χ1n) is 7.42. The van der Waals surface area contributed by atoms with E-state index in [4.69, 9.17) is 0 Å². The van der Waals surface area contributed by atoms with E-state index in [0.717, 1.165) is 6.42 Å². The van der Waals surface area contributed by atoms with Gasteiger partial charge in [0.15, 0.2) is 5.69 Å². The third-order valence-electron chi connectivity index (χ3n) is 3.38. The molecule has 0 saturated heterocycles. The van der Waals surface area contributed by atoms with Crippen LogP contribution in [0.15, 0.2) is 12.1 Å². The quantitative estimate of drug-likeness (QED) is 0.508. The zero-order valence-corrected chi connectivity index (χ0v) is 13.3. The second-order valence-electron chi connectivity index (χ2n) is 5.22. The first-order valence-corrected chi connectivity index (χ1v) is 7.42. The number of nitrogens with zero attached hydrogens (tertiary/aromatic N) is 3. The minimum atomic E-state index is -4.91. The summed E-state index contributed by atoms with van der Waals surface area (Å²) in [6.07, 6.45) is -3.02. The molecule has 0 heterocycles. The Balaban J connectivity index is 3.65. The van der Waals surface area contributed by atoms with Crippen LogP contribution in [0.5, 0.6) is 0 Å². The van der Waals surface area contributed by atoms with Gasteiger partial charge in [-0.3, -0.25) is 20.2 Å². The molecule has 1 rings (SSSR count). The monoisotopic (exact) mass is 349 g/mol. The van der Waals surface area contributed by atoms with Crippen LogP contribution in [0.2, 0.25) is 0 Å². The van der Waals surface area contributed by atoms with Crippen LogP contribution in [0, 0.1) is 20.2 Å². The molecule has 0 aliphatic rings. The molecular weight excluding hydrogens is 331 g/mol. The van der Waals surface area contributed by atoms with Crippen molar-refractivity contribution in [2.75, 3.05) is 18.0 Å². The van der Waals surface area contributed by atoms with Crippen LogP contribution in [0.25, 0.3) is 0 Å². The summed E-state index contributed by atoms with van der Waals surface area (Å²) in [5, 5.41) is 22.5. The average Bonchev–Trinajstić information content (AvgIpc) is 2.49. The van der Waals surface area contributed by atoms with Crippen molar-refractivity contribution in [3.8, 4) is 0 Å². The lowest BCUT2D eigenvalue weighted by Crippen LogP contribution is -2.27. The largest absolute Gasteiger partial charge is 0.416 e. The molecule has 0 aromatic heterocycles. The zero-order valence-electron chi connectivity index (χ0n) is 13.3. The molecule has 10 heteroatoms. The van der Waals surface area contributed by atoms with Crippen molar-refractivity contribution in [3.05, 3.63) is 37.9 Å². The highest BCUT2D eigenvalue weighted by atomic mass is 19.4. The SMILES string of the molecule is CCCCN(CCC)c1c([N+](=O)[O-])cc(C(F)(F)F)cc1[N+](=O)[O-]. The van der Waals surface area contributed by atoms with Crippen LogP contribution in [-0.2, 0) is 6.18 Å². The van der Waals surface area contributed by atoms with Gasteiger partial charge in [-0.15, -0.1) is 0 Å². The summed E-state index contributed by atoms with van der Waals surface area (Å²) in [5.41, 5.74) is -3.58. The molecule has 1 aromatic rings. The summed E-state index contributed by atoms with van der Waals surface area (Å²) in [6.45, 7) is 4.21. The van der Waals surface area contributed by atoms with Crippen molar-refractivity contribution < 1.29 is 23.0 Å². The highest BCUT2D eigenvalue weighted by Gasteiger charge is 2.39. The smallest absolute Gasteiger partial charge is 0.360 e. The van der Waals surface area contributed by atoms with E-state index in [9.17, 15) is 33.4 Å². The van der Waals surface area contributed by atoms with Gasteiger partial charge in [0, 0.05) is 25.2 Å². The Morgan fingerprint density at radius 3 is 1.83 bits per heavy atom. The molecule has 0 atom stereocenters. The molecule has 1 aromatic carbocycles. The minimum Gasteiger partial charge on any atom is -0.360 e. The van der Waals surface area contributed by atoms with Crippen LogP contribution in [0.4, 0.5) is 30.2 Å². The molecule has 0 fully saturated rings. The van der Waals surface area contributed by atoms with Gasteiger partial charge in [-0.05, 0) is 12.8 Å². The molecule has 0 amide bonds. The van der Waals surface area contributed by atoms with Crippen molar-refractivity contribution in [3.63, 3.8) is 0 Å². The average molecular weight is 349 g/mol. The highest BCUT2D eigenvalue weighted by molar-refractivity contribution is 5.76. The molecule has 0 aliphatic carbocycles. The molecule has 0 aliphatic heterocycles. The molecule has 134 valence electrons. The lowest BCUT2D eigenvalue weighted by atomic mass is 10.1. The van der Waals surface area contributed by atoms with E-state index in [1.165, 1.54) is 4.90 Å². The van der Waals surface area contributed by atoms with Gasteiger partial charge in [0.25, 0.3) is 11.4 Å². The van der Waals surface area contributed by atoms with Gasteiger partial charge < -0.3 is 4.90 Å². The van der Waals surface area contributed by atoms with Gasteiger partial charge >= 0.3 is 6.18 Å². The van der Waals surface area contributed by atoms with E-state index in [-0.39, 0.29) is 18.8 Å². The van der Waals surface area contributed by atoms with Crippen LogP contribution in [0.1, 0.15) is 38.7 Å². The maximum atomic E-state index is 12.9. The van der Waals surface area contributed by atoms with E-state index >= 15 is 0 Å². The minimum absolute atomic E-state index is 0.271. The van der Waals surface area contributed by atoms with Gasteiger partial charge in [0.2, 0.25) is 0 Å². The molecule has 0 unspecified atom stereocenters. The summed E-state index contributed by atoms with van der Waals surface area (Å²) >= 11 is 0. The first kappa shape index (κ1) is 19.7. The summed E-state index contributed by atoms with van der Waals surface area (Å²) in [7, 11) is 0. The predicted molar refractivity (Wildman–Crippen MR) is 82.2 cm³/mol. The second-order valence-corrected chi connectivity index (χ2v) is 5.22. The lowest BCUT2D eigenvalue weighted by Gasteiger charge is -2.24. The maximum absolute atomic E-state index is 12.9. The fourth-order valence-electron chi connectivity index (χ4n) is 2.32. The topological polar surface area (TPSA) is 89.5 Å². The van der Waals surface area contributed by atoms with E-state index in [0.29, 0.717) is 25.0 Å². The van der Waals surface area contributed by atoms with Gasteiger partial charge in [0.1, 0.15) is 0 Å². The number of alkyl halides is 3. The van der Waals surface area contributed by atoms with Gasteiger partial charge in [-0.25, -0.2) is 0 Å². The Bertz CT molecular complexity index is 585. The van der Waals surface area contributed by atoms with Crippen molar-refractivity contribution in [2.24, 2.45) is 0 Å². The van der Waals surface area contributed by atoms with Crippen LogP contribution < -0.4 is 4.90 Å². The van der Waals surface area contributed by atoms with Crippen molar-refractivity contribution in [1.29, 1.82) is 0 Å². The zero-order chi connectivity index (χ0) is 18.5. The molecule has 0 bridgehead atoms. The molecular formula is C14H18F3N3O4. The normalized spacial score (nSPS) is 11.4. The number of nitro benzene ring substituents is 2. The van der Waals surface area contributed by atoms with E-state index in [1.54, 1.807) is 6.92 Å². The fourth-order valence-corrected chi connectivity index (χ4v) is 2.32.